The van der Waals surface area contributed by atoms with E-state index in [0.29, 0.717) is 6.61 Å². The van der Waals surface area contributed by atoms with Crippen molar-refractivity contribution in [3.8, 4) is 5.75 Å². The topological polar surface area (TPSA) is 21.3 Å². The van der Waals surface area contributed by atoms with Crippen LogP contribution < -0.4 is 10.1 Å². The van der Waals surface area contributed by atoms with Crippen LogP contribution in [-0.2, 0) is 0 Å². The van der Waals surface area contributed by atoms with Crippen molar-refractivity contribution in [2.75, 3.05) is 13.2 Å². The molecule has 2 rings (SSSR count). The van der Waals surface area contributed by atoms with Crippen LogP contribution in [0.25, 0.3) is 0 Å². The third kappa shape index (κ3) is 4.26. The summed E-state index contributed by atoms with van der Waals surface area (Å²) in [5, 5.41) is 3.33. The average Bonchev–Trinajstić information content (AvgIpc) is 2.43. The van der Waals surface area contributed by atoms with E-state index in [0.717, 1.165) is 23.7 Å². The van der Waals surface area contributed by atoms with Crippen LogP contribution in [0, 0.1) is 18.6 Å². The molecule has 1 N–H and O–H groups in total. The zero-order valence-corrected chi connectivity index (χ0v) is 12.2. The largest absolute Gasteiger partial charge is 0.491 e. The van der Waals surface area contributed by atoms with Gasteiger partial charge in [-0.05, 0) is 24.6 Å². The summed E-state index contributed by atoms with van der Waals surface area (Å²) in [4.78, 5) is 0. The van der Waals surface area contributed by atoms with Crippen LogP contribution in [0.4, 0.5) is 8.78 Å². The number of aryl methyl sites for hydroxylation is 1. The van der Waals surface area contributed by atoms with Crippen molar-refractivity contribution in [3.05, 3.63) is 65.2 Å². The molecule has 0 bridgehead atoms. The lowest BCUT2D eigenvalue weighted by atomic mass is 10.0. The smallest absolute Gasteiger partial charge is 0.129 e. The fourth-order valence-electron chi connectivity index (χ4n) is 2.27. The molecule has 2 aromatic rings. The molecule has 21 heavy (non-hydrogen) atoms. The van der Waals surface area contributed by atoms with Crippen LogP contribution >= 0.6 is 0 Å². The van der Waals surface area contributed by atoms with Gasteiger partial charge in [0.2, 0.25) is 0 Å². The van der Waals surface area contributed by atoms with Crippen molar-refractivity contribution in [1.29, 1.82) is 0 Å². The minimum Gasteiger partial charge on any atom is -0.491 e. The van der Waals surface area contributed by atoms with Crippen molar-refractivity contribution >= 4 is 0 Å². The van der Waals surface area contributed by atoms with E-state index in [1.807, 2.05) is 38.1 Å². The lowest BCUT2D eigenvalue weighted by molar-refractivity contribution is 0.265. The zero-order chi connectivity index (χ0) is 15.2. The van der Waals surface area contributed by atoms with Crippen LogP contribution in [0.2, 0.25) is 0 Å². The Labute approximate surface area is 123 Å². The fraction of sp³-hybridized carbons (Fsp3) is 0.294. The number of nitrogens with one attached hydrogen (secondary N) is 1. The molecule has 1 atom stereocenters. The highest BCUT2D eigenvalue weighted by Gasteiger charge is 2.13. The number of hydrogen-bond donors (Lipinski definition) is 1. The quantitative estimate of drug-likeness (QED) is 0.868. The summed E-state index contributed by atoms with van der Waals surface area (Å²) in [6, 6.07) is 11.2. The van der Waals surface area contributed by atoms with Crippen LogP contribution in [0.3, 0.4) is 0 Å². The van der Waals surface area contributed by atoms with Crippen molar-refractivity contribution in [2.24, 2.45) is 0 Å². The Morgan fingerprint density at radius 2 is 1.76 bits per heavy atom. The van der Waals surface area contributed by atoms with Gasteiger partial charge in [0.25, 0.3) is 0 Å². The van der Waals surface area contributed by atoms with Gasteiger partial charge in [-0.25, -0.2) is 8.78 Å². The molecule has 0 aromatic heterocycles. The lowest BCUT2D eigenvalue weighted by Gasteiger charge is -2.21. The number of halogens is 2. The van der Waals surface area contributed by atoms with Crippen LogP contribution in [0.1, 0.15) is 24.1 Å². The molecular weight excluding hydrogens is 272 g/mol. The molecule has 0 spiro atoms. The monoisotopic (exact) mass is 291 g/mol. The normalized spacial score (nSPS) is 12.2. The summed E-state index contributed by atoms with van der Waals surface area (Å²) in [6.07, 6.45) is 0. The number of benzene rings is 2. The summed E-state index contributed by atoms with van der Waals surface area (Å²) in [5.41, 5.74) is 2.27. The lowest BCUT2D eigenvalue weighted by Crippen LogP contribution is -2.27. The van der Waals surface area contributed by atoms with E-state index in [9.17, 15) is 8.78 Å². The van der Waals surface area contributed by atoms with Gasteiger partial charge in [-0.2, -0.15) is 0 Å². The molecule has 0 aliphatic heterocycles. The third-order valence-corrected chi connectivity index (χ3v) is 3.27. The van der Waals surface area contributed by atoms with E-state index in [4.69, 9.17) is 4.74 Å². The fourth-order valence-corrected chi connectivity index (χ4v) is 2.27. The Morgan fingerprint density at radius 3 is 2.38 bits per heavy atom. The Balaban J connectivity index is 2.12. The molecule has 0 saturated heterocycles. The SMILES string of the molecule is CCNC(COc1cc(F)cc(F)c1)c1ccccc1C. The Morgan fingerprint density at radius 1 is 1.10 bits per heavy atom. The molecule has 0 heterocycles. The van der Waals surface area contributed by atoms with E-state index >= 15 is 0 Å². The van der Waals surface area contributed by atoms with Gasteiger partial charge in [0.15, 0.2) is 0 Å². The number of rotatable bonds is 6. The Kier molecular flexibility index (Phi) is 5.28. The first kappa shape index (κ1) is 15.4. The third-order valence-electron chi connectivity index (χ3n) is 3.27. The summed E-state index contributed by atoms with van der Waals surface area (Å²) in [7, 11) is 0. The van der Waals surface area contributed by atoms with Gasteiger partial charge in [0, 0.05) is 18.2 Å². The Bertz CT molecular complexity index is 581. The molecule has 0 aliphatic carbocycles. The molecule has 0 fully saturated rings. The maximum Gasteiger partial charge on any atom is 0.129 e. The van der Waals surface area contributed by atoms with Crippen LogP contribution in [0.15, 0.2) is 42.5 Å². The first-order valence-electron chi connectivity index (χ1n) is 6.98. The van der Waals surface area contributed by atoms with Gasteiger partial charge >= 0.3 is 0 Å². The van der Waals surface area contributed by atoms with Crippen LogP contribution in [0.5, 0.6) is 5.75 Å². The minimum atomic E-state index is -0.638. The molecule has 2 nitrogen and oxygen atoms in total. The molecule has 0 aliphatic rings. The Hall–Kier alpha value is -1.94. The maximum absolute atomic E-state index is 13.2. The van der Waals surface area contributed by atoms with E-state index < -0.39 is 11.6 Å². The minimum absolute atomic E-state index is 0.0254. The second-order valence-electron chi connectivity index (χ2n) is 4.88. The molecule has 0 radical (unpaired) electrons. The van der Waals surface area contributed by atoms with Crippen molar-refractivity contribution in [2.45, 2.75) is 19.9 Å². The van der Waals surface area contributed by atoms with Crippen molar-refractivity contribution in [3.63, 3.8) is 0 Å². The molecule has 4 heteroatoms. The highest BCUT2D eigenvalue weighted by Crippen LogP contribution is 2.21. The van der Waals surface area contributed by atoms with Gasteiger partial charge in [-0.15, -0.1) is 0 Å². The van der Waals surface area contributed by atoms with Gasteiger partial charge in [-0.1, -0.05) is 31.2 Å². The van der Waals surface area contributed by atoms with Crippen molar-refractivity contribution < 1.29 is 13.5 Å². The van der Waals surface area contributed by atoms with E-state index in [1.165, 1.54) is 12.1 Å². The van der Waals surface area contributed by atoms with E-state index in [-0.39, 0.29) is 11.8 Å². The van der Waals surface area contributed by atoms with Gasteiger partial charge in [0.05, 0.1) is 6.04 Å². The average molecular weight is 291 g/mol. The second kappa shape index (κ2) is 7.18. The number of ether oxygens (including phenoxy) is 1. The van der Waals surface area contributed by atoms with E-state index in [1.54, 1.807) is 0 Å². The molecule has 1 unspecified atom stereocenters. The molecular formula is C17H19F2NO. The van der Waals surface area contributed by atoms with Gasteiger partial charge in [0.1, 0.15) is 24.0 Å². The van der Waals surface area contributed by atoms with Gasteiger partial charge in [-0.3, -0.25) is 0 Å². The predicted octanol–water partition coefficient (Wildman–Crippen LogP) is 4.00. The number of hydrogen-bond acceptors (Lipinski definition) is 2. The standard InChI is InChI=1S/C17H19F2NO/c1-3-20-17(16-7-5-4-6-12(16)2)11-21-15-9-13(18)8-14(19)10-15/h4-10,17,20H,3,11H2,1-2H3. The van der Waals surface area contributed by atoms with Crippen LogP contribution in [-0.4, -0.2) is 13.2 Å². The highest BCUT2D eigenvalue weighted by atomic mass is 19.1. The molecule has 2 aromatic carbocycles. The van der Waals surface area contributed by atoms with E-state index in [2.05, 4.69) is 5.32 Å². The highest BCUT2D eigenvalue weighted by molar-refractivity contribution is 5.29. The summed E-state index contributed by atoms with van der Waals surface area (Å²) < 4.78 is 31.9. The first-order chi connectivity index (χ1) is 10.1. The summed E-state index contributed by atoms with van der Waals surface area (Å²) in [6.45, 7) is 5.12. The predicted molar refractivity (Wildman–Crippen MR) is 79.4 cm³/mol. The van der Waals surface area contributed by atoms with Gasteiger partial charge < -0.3 is 10.1 Å². The zero-order valence-electron chi connectivity index (χ0n) is 12.2. The molecule has 0 saturated carbocycles. The summed E-state index contributed by atoms with van der Waals surface area (Å²) in [5.74, 6) is -1.08. The van der Waals surface area contributed by atoms with Crippen molar-refractivity contribution in [1.82, 2.24) is 5.32 Å². The molecule has 112 valence electrons. The maximum atomic E-state index is 13.2. The summed E-state index contributed by atoms with van der Waals surface area (Å²) >= 11 is 0. The second-order valence-corrected chi connectivity index (χ2v) is 4.88. The molecule has 0 amide bonds. The number of likely N-dealkylation sites (N-methyl/N-ethyl adjacent to an activating group) is 1. The first-order valence-corrected chi connectivity index (χ1v) is 6.98.